The van der Waals surface area contributed by atoms with Crippen LogP contribution in [0.2, 0.25) is 0 Å². The van der Waals surface area contributed by atoms with Crippen LogP contribution in [0, 0.1) is 12.8 Å². The van der Waals surface area contributed by atoms with Crippen LogP contribution in [0.5, 0.6) is 0 Å². The Balaban J connectivity index is 3.15. The maximum absolute atomic E-state index is 3.74. The monoisotopic (exact) mass is 153 g/mol. The average molecular weight is 153 g/mol. The van der Waals surface area contributed by atoms with Crippen molar-refractivity contribution in [1.29, 1.82) is 0 Å². The second-order valence-corrected chi connectivity index (χ2v) is 3.69. The van der Waals surface area contributed by atoms with Crippen molar-refractivity contribution in [3.8, 4) is 0 Å². The van der Waals surface area contributed by atoms with Gasteiger partial charge in [0.1, 0.15) is 0 Å². The molecule has 0 aromatic carbocycles. The van der Waals surface area contributed by atoms with Crippen LogP contribution in [0.25, 0.3) is 0 Å². The van der Waals surface area contributed by atoms with Crippen LogP contribution in [0.1, 0.15) is 46.5 Å². The number of hydrogen-bond acceptors (Lipinski definition) is 0. The molecule has 0 rings (SSSR count). The summed E-state index contributed by atoms with van der Waals surface area (Å²) in [5.74, 6) is 0.860. The van der Waals surface area contributed by atoms with Gasteiger partial charge in [0.15, 0.2) is 0 Å². The molecule has 0 aliphatic heterocycles. The van der Waals surface area contributed by atoms with Crippen molar-refractivity contribution in [2.75, 3.05) is 0 Å². The summed E-state index contributed by atoms with van der Waals surface area (Å²) in [7, 11) is 0. The fraction of sp³-hybridized carbons (Fsp3) is 0.727. The van der Waals surface area contributed by atoms with Crippen molar-refractivity contribution < 1.29 is 0 Å². The van der Waals surface area contributed by atoms with Crippen LogP contribution in [0.4, 0.5) is 0 Å². The molecule has 0 aromatic heterocycles. The molecular weight excluding hydrogens is 132 g/mol. The Labute approximate surface area is 71.7 Å². The van der Waals surface area contributed by atoms with Gasteiger partial charge in [-0.2, -0.15) is 0 Å². The third kappa shape index (κ3) is 7.64. The van der Waals surface area contributed by atoms with Gasteiger partial charge in [0.2, 0.25) is 0 Å². The van der Waals surface area contributed by atoms with E-state index in [1.807, 2.05) is 6.08 Å². The smallest absolute Gasteiger partial charge is 0.0313 e. The van der Waals surface area contributed by atoms with Gasteiger partial charge in [-0.1, -0.05) is 38.3 Å². The summed E-state index contributed by atoms with van der Waals surface area (Å²) >= 11 is 0. The number of allylic oxidation sites excluding steroid dienone is 2. The van der Waals surface area contributed by atoms with Crippen LogP contribution in [0.3, 0.4) is 0 Å². The third-order valence-corrected chi connectivity index (χ3v) is 1.95. The second-order valence-electron chi connectivity index (χ2n) is 3.69. The maximum atomic E-state index is 3.74. The van der Waals surface area contributed by atoms with Gasteiger partial charge in [0.05, 0.1) is 0 Å². The van der Waals surface area contributed by atoms with Crippen molar-refractivity contribution in [2.24, 2.45) is 5.92 Å². The Morgan fingerprint density at radius 3 is 2.45 bits per heavy atom. The van der Waals surface area contributed by atoms with Crippen LogP contribution in [-0.2, 0) is 0 Å². The largest absolute Gasteiger partial charge is 0.0853 e. The highest BCUT2D eigenvalue weighted by Gasteiger charge is 1.94. The minimum atomic E-state index is 0.860. The molecule has 11 heavy (non-hydrogen) atoms. The molecule has 0 atom stereocenters. The fourth-order valence-corrected chi connectivity index (χ4v) is 1.06. The highest BCUT2D eigenvalue weighted by molar-refractivity contribution is 4.99. The molecule has 0 fully saturated rings. The van der Waals surface area contributed by atoms with E-state index in [4.69, 9.17) is 0 Å². The minimum Gasteiger partial charge on any atom is -0.0853 e. The SMILES string of the molecule is [CH2]C=C(C)CCCCC(C)C. The van der Waals surface area contributed by atoms with Gasteiger partial charge in [-0.3, -0.25) is 0 Å². The summed E-state index contributed by atoms with van der Waals surface area (Å²) < 4.78 is 0. The van der Waals surface area contributed by atoms with E-state index in [9.17, 15) is 0 Å². The summed E-state index contributed by atoms with van der Waals surface area (Å²) in [4.78, 5) is 0. The topological polar surface area (TPSA) is 0 Å². The minimum absolute atomic E-state index is 0.860. The quantitative estimate of drug-likeness (QED) is 0.524. The lowest BCUT2D eigenvalue weighted by Crippen LogP contribution is -1.87. The fourth-order valence-electron chi connectivity index (χ4n) is 1.06. The van der Waals surface area contributed by atoms with Crippen molar-refractivity contribution in [1.82, 2.24) is 0 Å². The molecular formula is C11H21. The van der Waals surface area contributed by atoms with Gasteiger partial charge in [0.25, 0.3) is 0 Å². The van der Waals surface area contributed by atoms with Crippen LogP contribution in [0.15, 0.2) is 11.6 Å². The van der Waals surface area contributed by atoms with E-state index >= 15 is 0 Å². The van der Waals surface area contributed by atoms with Crippen LogP contribution in [-0.4, -0.2) is 0 Å². The Morgan fingerprint density at radius 1 is 1.36 bits per heavy atom. The summed E-state index contributed by atoms with van der Waals surface area (Å²) in [6, 6.07) is 0. The average Bonchev–Trinajstić information content (AvgIpc) is 1.97. The van der Waals surface area contributed by atoms with E-state index in [0.29, 0.717) is 0 Å². The molecule has 0 aliphatic rings. The first-order chi connectivity index (χ1) is 5.16. The molecule has 0 N–H and O–H groups in total. The molecule has 0 saturated heterocycles. The zero-order valence-electron chi connectivity index (χ0n) is 8.19. The first kappa shape index (κ1) is 10.7. The lowest BCUT2D eigenvalue weighted by atomic mass is 10.0. The van der Waals surface area contributed by atoms with E-state index in [-0.39, 0.29) is 0 Å². The van der Waals surface area contributed by atoms with E-state index < -0.39 is 0 Å². The molecule has 65 valence electrons. The Morgan fingerprint density at radius 2 is 2.00 bits per heavy atom. The van der Waals surface area contributed by atoms with E-state index in [2.05, 4.69) is 27.7 Å². The molecule has 0 bridgehead atoms. The number of unbranched alkanes of at least 4 members (excludes halogenated alkanes) is 1. The van der Waals surface area contributed by atoms with Gasteiger partial charge < -0.3 is 0 Å². The number of hydrogen-bond donors (Lipinski definition) is 0. The molecule has 0 spiro atoms. The molecule has 0 amide bonds. The van der Waals surface area contributed by atoms with Crippen molar-refractivity contribution in [2.45, 2.75) is 46.5 Å². The third-order valence-electron chi connectivity index (χ3n) is 1.95. The maximum Gasteiger partial charge on any atom is -0.0313 e. The summed E-state index contributed by atoms with van der Waals surface area (Å²) in [5.41, 5.74) is 1.42. The zero-order valence-corrected chi connectivity index (χ0v) is 8.19. The van der Waals surface area contributed by atoms with Crippen molar-refractivity contribution >= 4 is 0 Å². The van der Waals surface area contributed by atoms with Gasteiger partial charge in [-0.25, -0.2) is 0 Å². The molecule has 0 unspecified atom stereocenters. The first-order valence-electron chi connectivity index (χ1n) is 4.61. The Kier molecular flexibility index (Phi) is 6.30. The molecule has 0 heteroatoms. The van der Waals surface area contributed by atoms with E-state index in [0.717, 1.165) is 5.92 Å². The van der Waals surface area contributed by atoms with Crippen LogP contribution >= 0.6 is 0 Å². The van der Waals surface area contributed by atoms with Gasteiger partial charge >= 0.3 is 0 Å². The van der Waals surface area contributed by atoms with E-state index in [1.165, 1.54) is 31.3 Å². The lowest BCUT2D eigenvalue weighted by molar-refractivity contribution is 0.537. The molecule has 0 aromatic rings. The molecule has 0 nitrogen and oxygen atoms in total. The van der Waals surface area contributed by atoms with E-state index in [1.54, 1.807) is 0 Å². The summed E-state index contributed by atoms with van der Waals surface area (Å²) in [6.07, 6.45) is 7.26. The Bertz CT molecular complexity index is 109. The predicted molar refractivity (Wildman–Crippen MR) is 52.4 cm³/mol. The normalized spacial score (nSPS) is 12.6. The van der Waals surface area contributed by atoms with Crippen LogP contribution < -0.4 is 0 Å². The van der Waals surface area contributed by atoms with Crippen molar-refractivity contribution in [3.05, 3.63) is 18.6 Å². The molecule has 0 heterocycles. The highest BCUT2D eigenvalue weighted by atomic mass is 14.0. The van der Waals surface area contributed by atoms with Gasteiger partial charge in [0, 0.05) is 0 Å². The molecule has 1 radical (unpaired) electrons. The summed E-state index contributed by atoms with van der Waals surface area (Å²) in [5, 5.41) is 0. The lowest BCUT2D eigenvalue weighted by Gasteiger charge is -2.03. The van der Waals surface area contributed by atoms with Gasteiger partial charge in [-0.05, 0) is 32.6 Å². The van der Waals surface area contributed by atoms with Crippen molar-refractivity contribution in [3.63, 3.8) is 0 Å². The number of rotatable bonds is 5. The first-order valence-corrected chi connectivity index (χ1v) is 4.61. The standard InChI is InChI=1S/C11H21/c1-5-11(4)9-7-6-8-10(2)3/h5,10H,1,6-9H2,2-4H3. The summed E-state index contributed by atoms with van der Waals surface area (Å²) in [6.45, 7) is 10.5. The highest BCUT2D eigenvalue weighted by Crippen LogP contribution is 2.11. The molecule has 0 saturated carbocycles. The Hall–Kier alpha value is -0.260. The zero-order chi connectivity index (χ0) is 8.69. The second kappa shape index (κ2) is 6.45. The van der Waals surface area contributed by atoms with Gasteiger partial charge in [-0.15, -0.1) is 0 Å². The molecule has 0 aliphatic carbocycles. The predicted octanol–water partition coefficient (Wildman–Crippen LogP) is 3.98.